The molecule has 0 aromatic heterocycles. The predicted molar refractivity (Wildman–Crippen MR) is 223 cm³/mol. The topological polar surface area (TPSA) is 65.5 Å². The molecule has 1 amide bonds. The fourth-order valence-electron chi connectivity index (χ4n) is 8.26. The zero-order chi connectivity index (χ0) is 39.6. The fourth-order valence-corrected chi connectivity index (χ4v) is 8.26. The number of aliphatic hydroxyl groups excluding tert-OH is 1. The van der Waals surface area contributed by atoms with Crippen LogP contribution in [0, 0.1) is 11.8 Å². The number of benzene rings is 4. The van der Waals surface area contributed by atoms with Crippen LogP contribution in [-0.4, -0.2) is 68.1 Å². The van der Waals surface area contributed by atoms with Crippen LogP contribution in [0.2, 0.25) is 0 Å². The van der Waals surface area contributed by atoms with Gasteiger partial charge in [-0.1, -0.05) is 149 Å². The van der Waals surface area contributed by atoms with Crippen molar-refractivity contribution in [3.05, 3.63) is 144 Å². The van der Waals surface area contributed by atoms with Gasteiger partial charge in [0.1, 0.15) is 17.9 Å². The van der Waals surface area contributed by atoms with Gasteiger partial charge >= 0.3 is 6.09 Å². The highest BCUT2D eigenvalue weighted by atomic mass is 16.6. The van der Waals surface area contributed by atoms with Crippen LogP contribution < -0.4 is 0 Å². The Labute approximate surface area is 331 Å². The molecule has 1 saturated heterocycles. The first-order valence-electron chi connectivity index (χ1n) is 20.2. The molecule has 5 rings (SSSR count). The van der Waals surface area contributed by atoms with E-state index >= 15 is 0 Å². The minimum Gasteiger partial charge on any atom is -0.442 e. The molecule has 55 heavy (non-hydrogen) atoms. The molecule has 0 unspecified atom stereocenters. The Balaban J connectivity index is 1.65. The summed E-state index contributed by atoms with van der Waals surface area (Å²) in [4.78, 5) is 21.3. The molecule has 1 aliphatic rings. The number of carbonyl (C=O) groups excluding carboxylic acids is 1. The van der Waals surface area contributed by atoms with Gasteiger partial charge in [-0.15, -0.1) is 0 Å². The lowest BCUT2D eigenvalue weighted by atomic mass is 9.87. The van der Waals surface area contributed by atoms with E-state index in [9.17, 15) is 9.90 Å². The summed E-state index contributed by atoms with van der Waals surface area (Å²) in [7, 11) is 0. The van der Waals surface area contributed by atoms with Crippen molar-refractivity contribution in [3.63, 3.8) is 0 Å². The number of nitrogens with zero attached hydrogens (tertiary/aromatic N) is 3. The zero-order valence-electron chi connectivity index (χ0n) is 34.5. The van der Waals surface area contributed by atoms with E-state index in [-0.39, 0.29) is 23.9 Å². The van der Waals surface area contributed by atoms with Crippen LogP contribution in [0.3, 0.4) is 0 Å². The van der Waals surface area contributed by atoms with Crippen LogP contribution in [0.5, 0.6) is 0 Å². The van der Waals surface area contributed by atoms with Gasteiger partial charge in [-0.05, 0) is 74.6 Å². The summed E-state index contributed by atoms with van der Waals surface area (Å²) in [5, 5.41) is 13.3. The summed E-state index contributed by atoms with van der Waals surface area (Å²) >= 11 is 0. The van der Waals surface area contributed by atoms with E-state index in [1.54, 1.807) is 4.90 Å². The van der Waals surface area contributed by atoms with Crippen molar-refractivity contribution in [2.45, 2.75) is 130 Å². The van der Waals surface area contributed by atoms with Crippen molar-refractivity contribution in [2.24, 2.45) is 11.8 Å². The van der Waals surface area contributed by atoms with Crippen LogP contribution in [0.15, 0.2) is 121 Å². The second-order valence-corrected chi connectivity index (χ2v) is 17.4. The molecule has 4 aromatic rings. The monoisotopic (exact) mass is 747 g/mol. The summed E-state index contributed by atoms with van der Waals surface area (Å²) in [6, 6.07) is 41.3. The predicted octanol–water partition coefficient (Wildman–Crippen LogP) is 9.93. The molecule has 0 bridgehead atoms. The normalized spacial score (nSPS) is 17.4. The number of aliphatic hydroxyl groups is 1. The van der Waals surface area contributed by atoms with Crippen molar-refractivity contribution in [3.8, 4) is 0 Å². The molecular weight excluding hydrogens is 683 g/mol. The minimum atomic E-state index is -1.02. The van der Waals surface area contributed by atoms with Crippen LogP contribution in [0.4, 0.5) is 4.79 Å². The van der Waals surface area contributed by atoms with Gasteiger partial charge < -0.3 is 14.6 Å². The average Bonchev–Trinajstić information content (AvgIpc) is 3.38. The van der Waals surface area contributed by atoms with Crippen LogP contribution in [0.1, 0.15) is 90.5 Å². The molecule has 1 fully saturated rings. The average molecular weight is 748 g/mol. The lowest BCUT2D eigenvalue weighted by molar-refractivity contribution is -0.115. The Bertz CT molecular complexity index is 1620. The summed E-state index contributed by atoms with van der Waals surface area (Å²) in [5.41, 5.74) is 3.19. The van der Waals surface area contributed by atoms with E-state index in [0.29, 0.717) is 45.6 Å². The van der Waals surface area contributed by atoms with E-state index < -0.39 is 29.6 Å². The first-order chi connectivity index (χ1) is 26.2. The minimum absolute atomic E-state index is 0.253. The molecule has 296 valence electrons. The van der Waals surface area contributed by atoms with Crippen molar-refractivity contribution in [2.75, 3.05) is 6.61 Å². The van der Waals surface area contributed by atoms with Crippen molar-refractivity contribution >= 4 is 6.09 Å². The quantitative estimate of drug-likeness (QED) is 0.109. The molecular formula is C48H65N3O4. The van der Waals surface area contributed by atoms with E-state index in [1.807, 2.05) is 52.0 Å². The van der Waals surface area contributed by atoms with Gasteiger partial charge in [0.05, 0.1) is 18.2 Å². The molecule has 7 heteroatoms. The summed E-state index contributed by atoms with van der Waals surface area (Å²) in [6.07, 6.45) is -0.932. The van der Waals surface area contributed by atoms with E-state index in [4.69, 9.17) is 9.47 Å². The van der Waals surface area contributed by atoms with Crippen molar-refractivity contribution in [1.82, 2.24) is 14.7 Å². The maximum absolute atomic E-state index is 14.8. The molecule has 1 N–H and O–H groups in total. The lowest BCUT2D eigenvalue weighted by Gasteiger charge is -2.46. The highest BCUT2D eigenvalue weighted by Gasteiger charge is 2.52. The van der Waals surface area contributed by atoms with E-state index in [1.165, 1.54) is 11.1 Å². The molecule has 7 nitrogen and oxygen atoms in total. The molecule has 1 aliphatic heterocycles. The molecule has 0 radical (unpaired) electrons. The van der Waals surface area contributed by atoms with Gasteiger partial charge in [-0.25, -0.2) is 4.79 Å². The van der Waals surface area contributed by atoms with Gasteiger partial charge in [-0.3, -0.25) is 14.7 Å². The smallest absolute Gasteiger partial charge is 0.413 e. The first-order valence-corrected chi connectivity index (χ1v) is 20.2. The zero-order valence-corrected chi connectivity index (χ0v) is 34.5. The Morgan fingerprint density at radius 2 is 0.982 bits per heavy atom. The highest BCUT2D eigenvalue weighted by molar-refractivity contribution is 5.70. The second kappa shape index (κ2) is 19.2. The number of carbonyl (C=O) groups is 1. The molecule has 0 saturated carbocycles. The third-order valence-electron chi connectivity index (χ3n) is 10.7. The molecule has 4 atom stereocenters. The summed E-state index contributed by atoms with van der Waals surface area (Å²) in [6.45, 7) is 19.6. The Hall–Kier alpha value is -4.01. The largest absolute Gasteiger partial charge is 0.442 e. The lowest BCUT2D eigenvalue weighted by Crippen LogP contribution is -2.60. The number of hydrogen-bond acceptors (Lipinski definition) is 6. The Morgan fingerprint density at radius 1 is 0.636 bits per heavy atom. The van der Waals surface area contributed by atoms with Crippen molar-refractivity contribution in [1.29, 1.82) is 0 Å². The van der Waals surface area contributed by atoms with Crippen LogP contribution in [0.25, 0.3) is 0 Å². The van der Waals surface area contributed by atoms with Gasteiger partial charge in [-0.2, -0.15) is 0 Å². The second-order valence-electron chi connectivity index (χ2n) is 17.4. The van der Waals surface area contributed by atoms with Gasteiger partial charge in [0, 0.05) is 32.2 Å². The van der Waals surface area contributed by atoms with Gasteiger partial charge in [0.15, 0.2) is 0 Å². The maximum atomic E-state index is 14.8. The van der Waals surface area contributed by atoms with Crippen molar-refractivity contribution < 1.29 is 19.4 Å². The van der Waals surface area contributed by atoms with Crippen LogP contribution in [-0.2, 0) is 35.7 Å². The van der Waals surface area contributed by atoms with E-state index in [2.05, 4.69) is 135 Å². The highest BCUT2D eigenvalue weighted by Crippen LogP contribution is 2.37. The third kappa shape index (κ3) is 11.7. The number of ether oxygens (including phenoxy) is 2. The van der Waals surface area contributed by atoms with Crippen LogP contribution >= 0.6 is 0 Å². The SMILES string of the molecule is CC(C)C[C@@H]([C@H](O)[C@@H](OC(=O)N1C(C)(C)COC1(C)C)[C@H](CC(C)C)N(Cc1ccccc1)Cc1ccccc1)N(Cc1ccccc1)Cc1ccccc1. The Kier molecular flexibility index (Phi) is 14.7. The standard InChI is InChI=1S/C48H65N3O4/c1-36(2)29-42(49(31-38-21-13-9-14-22-38)32-39-23-15-10-16-24-39)44(52)45(55-46(53)51-47(5,6)35-54-48(51,7)8)43(30-37(3)4)50(33-40-25-17-11-18-26-40)34-41-27-19-12-20-28-41/h9-28,36-37,42-45,52H,29-35H2,1-8H3/t42-,43-,44-,45-/m0/s1. The molecule has 4 aromatic carbocycles. The van der Waals surface area contributed by atoms with Gasteiger partial charge in [0.25, 0.3) is 0 Å². The third-order valence-corrected chi connectivity index (χ3v) is 10.7. The maximum Gasteiger partial charge on any atom is 0.413 e. The Morgan fingerprint density at radius 3 is 1.31 bits per heavy atom. The summed E-state index contributed by atoms with van der Waals surface area (Å²) in [5.74, 6) is 0.520. The van der Waals surface area contributed by atoms with E-state index in [0.717, 1.165) is 11.1 Å². The number of hydrogen-bond donors (Lipinski definition) is 1. The number of amides is 1. The molecule has 0 aliphatic carbocycles. The summed E-state index contributed by atoms with van der Waals surface area (Å²) < 4.78 is 13.1. The first kappa shape index (κ1) is 42.1. The van der Waals surface area contributed by atoms with Gasteiger partial charge in [0.2, 0.25) is 0 Å². The number of rotatable bonds is 18. The molecule has 0 spiro atoms. The fraction of sp³-hybridized carbons (Fsp3) is 0.479. The molecule has 1 heterocycles.